The third-order valence-corrected chi connectivity index (χ3v) is 3.71. The number of nitro groups is 1. The lowest BCUT2D eigenvalue weighted by molar-refractivity contribution is -0.384. The Morgan fingerprint density at radius 3 is 2.33 bits per heavy atom. The minimum atomic E-state index is -0.382. The highest BCUT2D eigenvalue weighted by Gasteiger charge is 2.22. The molecule has 2 atom stereocenters. The predicted octanol–water partition coefficient (Wildman–Crippen LogP) is 2.71. The van der Waals surface area contributed by atoms with Crippen molar-refractivity contribution < 1.29 is 9.66 Å². The van der Waals surface area contributed by atoms with Crippen molar-refractivity contribution in [1.82, 2.24) is 4.31 Å². The van der Waals surface area contributed by atoms with Gasteiger partial charge in [-0.05, 0) is 37.9 Å². The summed E-state index contributed by atoms with van der Waals surface area (Å²) in [4.78, 5) is 11.2. The number of nitrogens with zero attached hydrogens (tertiary/aromatic N) is 2. The monoisotopic (exact) mass is 268 g/mol. The maximum absolute atomic E-state index is 10.6. The van der Waals surface area contributed by atoms with E-state index in [2.05, 4.69) is 18.2 Å². The van der Waals surface area contributed by atoms with E-state index in [4.69, 9.17) is 4.74 Å². The average Bonchev–Trinajstić information content (AvgIpc) is 2.28. The smallest absolute Gasteiger partial charge is 0.269 e. The second-order valence-electron chi connectivity index (χ2n) is 4.45. The third kappa shape index (κ3) is 3.44. The van der Waals surface area contributed by atoms with Crippen molar-refractivity contribution in [1.29, 1.82) is 0 Å². The number of ether oxygens (including phenoxy) is 1. The first-order valence-corrected chi connectivity index (χ1v) is 6.65. The van der Waals surface area contributed by atoms with Crippen LogP contribution in [0.25, 0.3) is 0 Å². The fraction of sp³-hybridized carbons (Fsp3) is 0.500. The second-order valence-corrected chi connectivity index (χ2v) is 5.62. The first kappa shape index (κ1) is 13.3. The topological polar surface area (TPSA) is 55.6 Å². The van der Waals surface area contributed by atoms with Gasteiger partial charge in [-0.25, -0.2) is 4.31 Å². The summed E-state index contributed by atoms with van der Waals surface area (Å²) in [6.07, 6.45) is 0.443. The molecule has 1 fully saturated rings. The van der Waals surface area contributed by atoms with Gasteiger partial charge in [-0.3, -0.25) is 10.1 Å². The van der Waals surface area contributed by atoms with Gasteiger partial charge in [0.1, 0.15) is 0 Å². The van der Waals surface area contributed by atoms with Crippen LogP contribution >= 0.6 is 11.9 Å². The van der Waals surface area contributed by atoms with Crippen molar-refractivity contribution in [3.63, 3.8) is 0 Å². The van der Waals surface area contributed by atoms with E-state index in [1.54, 1.807) is 24.1 Å². The van der Waals surface area contributed by atoms with E-state index in [1.807, 2.05) is 0 Å². The van der Waals surface area contributed by atoms with Crippen molar-refractivity contribution in [2.75, 3.05) is 13.1 Å². The molecule has 0 amide bonds. The molecule has 1 aromatic carbocycles. The van der Waals surface area contributed by atoms with Gasteiger partial charge in [-0.15, -0.1) is 0 Å². The van der Waals surface area contributed by atoms with Gasteiger partial charge in [0.05, 0.1) is 17.1 Å². The van der Waals surface area contributed by atoms with Crippen molar-refractivity contribution in [2.24, 2.45) is 0 Å². The number of morpholine rings is 1. The van der Waals surface area contributed by atoms with E-state index in [9.17, 15) is 10.1 Å². The quantitative estimate of drug-likeness (QED) is 0.479. The first-order chi connectivity index (χ1) is 8.54. The summed E-state index contributed by atoms with van der Waals surface area (Å²) in [5.41, 5.74) is 0.128. The minimum Gasteiger partial charge on any atom is -0.373 e. The molecule has 5 nitrogen and oxygen atoms in total. The molecule has 0 N–H and O–H groups in total. The lowest BCUT2D eigenvalue weighted by Crippen LogP contribution is -2.41. The number of hydrogen-bond donors (Lipinski definition) is 0. The molecule has 18 heavy (non-hydrogen) atoms. The van der Waals surface area contributed by atoms with Crippen LogP contribution in [0, 0.1) is 10.1 Å². The highest BCUT2D eigenvalue weighted by atomic mass is 32.2. The molecule has 0 aliphatic carbocycles. The average molecular weight is 268 g/mol. The van der Waals surface area contributed by atoms with Gasteiger partial charge in [0.2, 0.25) is 0 Å². The molecule has 0 aromatic heterocycles. The molecule has 1 aliphatic rings. The Morgan fingerprint density at radius 1 is 1.28 bits per heavy atom. The van der Waals surface area contributed by atoms with E-state index in [0.29, 0.717) is 0 Å². The molecule has 0 bridgehead atoms. The molecular weight excluding hydrogens is 252 g/mol. The summed E-state index contributed by atoms with van der Waals surface area (Å²) in [5.74, 6) is 0. The van der Waals surface area contributed by atoms with E-state index in [0.717, 1.165) is 18.0 Å². The molecule has 0 spiro atoms. The van der Waals surface area contributed by atoms with Gasteiger partial charge in [0, 0.05) is 30.1 Å². The summed E-state index contributed by atoms with van der Waals surface area (Å²) in [6.45, 7) is 5.84. The van der Waals surface area contributed by atoms with E-state index < -0.39 is 0 Å². The third-order valence-electron chi connectivity index (χ3n) is 2.67. The van der Waals surface area contributed by atoms with E-state index in [1.165, 1.54) is 12.1 Å². The second kappa shape index (κ2) is 5.69. The number of hydrogen-bond acceptors (Lipinski definition) is 5. The summed E-state index contributed by atoms with van der Waals surface area (Å²) >= 11 is 1.62. The predicted molar refractivity (Wildman–Crippen MR) is 70.5 cm³/mol. The number of benzene rings is 1. The number of nitro benzene ring substituents is 1. The summed E-state index contributed by atoms with van der Waals surface area (Å²) in [6, 6.07) is 6.65. The van der Waals surface area contributed by atoms with Crippen LogP contribution < -0.4 is 0 Å². The molecule has 98 valence electrons. The molecule has 2 rings (SSSR count). The molecule has 6 heteroatoms. The van der Waals surface area contributed by atoms with Crippen molar-refractivity contribution in [3.05, 3.63) is 34.4 Å². The summed E-state index contributed by atoms with van der Waals surface area (Å²) in [7, 11) is 0. The van der Waals surface area contributed by atoms with Gasteiger partial charge < -0.3 is 4.74 Å². The highest BCUT2D eigenvalue weighted by Crippen LogP contribution is 2.27. The van der Waals surface area contributed by atoms with Crippen LogP contribution in [-0.4, -0.2) is 34.5 Å². The summed E-state index contributed by atoms with van der Waals surface area (Å²) < 4.78 is 7.90. The molecule has 1 heterocycles. The highest BCUT2D eigenvalue weighted by molar-refractivity contribution is 7.97. The van der Waals surface area contributed by atoms with Crippen LogP contribution in [-0.2, 0) is 4.74 Å². The van der Waals surface area contributed by atoms with Gasteiger partial charge >= 0.3 is 0 Å². The Hall–Kier alpha value is -1.11. The van der Waals surface area contributed by atoms with E-state index >= 15 is 0 Å². The largest absolute Gasteiger partial charge is 0.373 e. The maximum atomic E-state index is 10.6. The molecule has 1 aliphatic heterocycles. The van der Waals surface area contributed by atoms with E-state index in [-0.39, 0.29) is 22.8 Å². The Bertz CT molecular complexity index is 414. The Balaban J connectivity index is 1.98. The summed E-state index contributed by atoms with van der Waals surface area (Å²) in [5, 5.41) is 10.6. The van der Waals surface area contributed by atoms with Crippen molar-refractivity contribution >= 4 is 17.6 Å². The number of rotatable bonds is 3. The minimum absolute atomic E-state index is 0.128. The lowest BCUT2D eigenvalue weighted by Gasteiger charge is -2.34. The molecule has 1 saturated heterocycles. The number of non-ortho nitro benzene ring substituents is 1. The van der Waals surface area contributed by atoms with Crippen LogP contribution in [0.4, 0.5) is 5.69 Å². The zero-order valence-corrected chi connectivity index (χ0v) is 11.2. The van der Waals surface area contributed by atoms with Gasteiger partial charge in [0.25, 0.3) is 5.69 Å². The molecule has 2 unspecified atom stereocenters. The zero-order chi connectivity index (χ0) is 13.1. The Labute approximate surface area is 110 Å². The van der Waals surface area contributed by atoms with Crippen LogP contribution in [0.5, 0.6) is 0 Å². The normalized spacial score (nSPS) is 25.0. The maximum Gasteiger partial charge on any atom is 0.269 e. The molecule has 1 aromatic rings. The lowest BCUT2D eigenvalue weighted by atomic mass is 10.3. The SMILES string of the molecule is CC1CN(Sc2ccc([N+](=O)[O-])cc2)CC(C)O1. The Morgan fingerprint density at radius 2 is 1.83 bits per heavy atom. The first-order valence-electron chi connectivity index (χ1n) is 5.87. The molecule has 0 saturated carbocycles. The van der Waals surface area contributed by atoms with Crippen LogP contribution in [0.3, 0.4) is 0 Å². The standard InChI is InChI=1S/C12H16N2O3S/c1-9-7-13(8-10(2)17-9)18-12-5-3-11(4-6-12)14(15)16/h3-6,9-10H,7-8H2,1-2H3. The van der Waals surface area contributed by atoms with Crippen LogP contribution in [0.1, 0.15) is 13.8 Å². The zero-order valence-electron chi connectivity index (χ0n) is 10.4. The van der Waals surface area contributed by atoms with Crippen molar-refractivity contribution in [2.45, 2.75) is 31.0 Å². The van der Waals surface area contributed by atoms with Gasteiger partial charge in [0.15, 0.2) is 0 Å². The fourth-order valence-electron chi connectivity index (χ4n) is 1.98. The van der Waals surface area contributed by atoms with Gasteiger partial charge in [-0.2, -0.15) is 0 Å². The molecule has 0 radical (unpaired) electrons. The Kier molecular flexibility index (Phi) is 4.21. The van der Waals surface area contributed by atoms with Crippen LogP contribution in [0.15, 0.2) is 29.2 Å². The fourth-order valence-corrected chi connectivity index (χ4v) is 3.11. The van der Waals surface area contributed by atoms with Crippen molar-refractivity contribution in [3.8, 4) is 0 Å². The molecular formula is C12H16N2O3S. The van der Waals surface area contributed by atoms with Crippen LogP contribution in [0.2, 0.25) is 0 Å². The van der Waals surface area contributed by atoms with Gasteiger partial charge in [-0.1, -0.05) is 0 Å².